The van der Waals surface area contributed by atoms with Gasteiger partial charge in [0.1, 0.15) is 6.26 Å². The lowest BCUT2D eigenvalue weighted by atomic mass is 10.3. The molecule has 0 aromatic carbocycles. The zero-order valence-corrected chi connectivity index (χ0v) is 6.82. The average molecular weight is 155 g/mol. The van der Waals surface area contributed by atoms with Crippen molar-refractivity contribution in [1.82, 2.24) is 4.98 Å². The van der Waals surface area contributed by atoms with E-state index in [-0.39, 0.29) is 6.04 Å². The van der Waals surface area contributed by atoms with Crippen LogP contribution in [0.15, 0.2) is 16.9 Å². The first-order chi connectivity index (χ1) is 5.25. The van der Waals surface area contributed by atoms with Crippen molar-refractivity contribution in [2.75, 3.05) is 18.5 Å². The van der Waals surface area contributed by atoms with Crippen molar-refractivity contribution in [1.29, 1.82) is 0 Å². The second-order valence-corrected chi connectivity index (χ2v) is 2.51. The van der Waals surface area contributed by atoms with Crippen LogP contribution >= 0.6 is 0 Å². The molecule has 4 nitrogen and oxygen atoms in total. The molecule has 0 aliphatic carbocycles. The Balaban J connectivity index is 2.62. The third-order valence-electron chi connectivity index (χ3n) is 1.72. The first-order valence-electron chi connectivity index (χ1n) is 3.58. The Hall–Kier alpha value is -1.03. The molecule has 0 saturated heterocycles. The Bertz CT molecular complexity index is 197. The van der Waals surface area contributed by atoms with Crippen LogP contribution < -0.4 is 10.6 Å². The second kappa shape index (κ2) is 3.39. The molecule has 62 valence electrons. The molecule has 1 rings (SSSR count). The zero-order chi connectivity index (χ0) is 8.27. The van der Waals surface area contributed by atoms with Gasteiger partial charge in [-0.3, -0.25) is 0 Å². The van der Waals surface area contributed by atoms with Gasteiger partial charge in [-0.2, -0.15) is 0 Å². The molecule has 1 heterocycles. The minimum absolute atomic E-state index is 0.258. The van der Waals surface area contributed by atoms with Crippen LogP contribution in [0, 0.1) is 0 Å². The minimum Gasteiger partial charge on any atom is -0.432 e. The first-order valence-corrected chi connectivity index (χ1v) is 3.58. The fraction of sp³-hybridized carbons (Fsp3) is 0.571. The van der Waals surface area contributed by atoms with E-state index in [2.05, 4.69) is 4.98 Å². The molecule has 0 bridgehead atoms. The molecule has 2 N–H and O–H groups in total. The number of anilines is 1. The molecule has 1 atom stereocenters. The van der Waals surface area contributed by atoms with Gasteiger partial charge in [0.05, 0.1) is 6.20 Å². The summed E-state index contributed by atoms with van der Waals surface area (Å²) in [4.78, 5) is 5.89. The number of oxazole rings is 1. The molecule has 0 fully saturated rings. The van der Waals surface area contributed by atoms with Crippen molar-refractivity contribution < 1.29 is 4.42 Å². The summed E-state index contributed by atoms with van der Waals surface area (Å²) >= 11 is 0. The predicted octanol–water partition coefficient (Wildman–Crippen LogP) is 0.458. The number of hydrogen-bond donors (Lipinski definition) is 1. The molecule has 1 unspecified atom stereocenters. The predicted molar refractivity (Wildman–Crippen MR) is 43.4 cm³/mol. The highest BCUT2D eigenvalue weighted by atomic mass is 16.4. The van der Waals surface area contributed by atoms with Crippen LogP contribution in [0.5, 0.6) is 0 Å². The summed E-state index contributed by atoms with van der Waals surface area (Å²) in [6.45, 7) is 2.61. The van der Waals surface area contributed by atoms with Gasteiger partial charge in [-0.15, -0.1) is 0 Å². The van der Waals surface area contributed by atoms with E-state index in [9.17, 15) is 0 Å². The second-order valence-electron chi connectivity index (χ2n) is 2.51. The van der Waals surface area contributed by atoms with Crippen LogP contribution in [0.2, 0.25) is 0 Å². The molecule has 1 aromatic rings. The molecule has 0 aliphatic heterocycles. The SMILES string of the molecule is CC(CN)N(C)c1ncco1. The summed E-state index contributed by atoms with van der Waals surface area (Å²) in [5.41, 5.74) is 5.47. The standard InChI is InChI=1S/C7H13N3O/c1-6(5-8)10(2)7-9-3-4-11-7/h3-4,6H,5,8H2,1-2H3. The van der Waals surface area contributed by atoms with E-state index in [0.717, 1.165) is 0 Å². The molecule has 0 saturated carbocycles. The van der Waals surface area contributed by atoms with Crippen molar-refractivity contribution in [2.24, 2.45) is 5.73 Å². The van der Waals surface area contributed by atoms with Gasteiger partial charge in [0.2, 0.25) is 0 Å². The summed E-state index contributed by atoms with van der Waals surface area (Å²) in [7, 11) is 1.91. The van der Waals surface area contributed by atoms with Gasteiger partial charge >= 0.3 is 0 Å². The number of likely N-dealkylation sites (N-methyl/N-ethyl adjacent to an activating group) is 1. The van der Waals surface area contributed by atoms with Crippen molar-refractivity contribution in [3.8, 4) is 0 Å². The Morgan fingerprint density at radius 1 is 1.82 bits per heavy atom. The smallest absolute Gasteiger partial charge is 0.297 e. The van der Waals surface area contributed by atoms with E-state index >= 15 is 0 Å². The van der Waals surface area contributed by atoms with E-state index in [0.29, 0.717) is 12.6 Å². The first kappa shape index (κ1) is 8.07. The highest BCUT2D eigenvalue weighted by molar-refractivity contribution is 5.24. The van der Waals surface area contributed by atoms with Crippen LogP contribution in [0.4, 0.5) is 6.01 Å². The Kier molecular flexibility index (Phi) is 2.48. The quantitative estimate of drug-likeness (QED) is 0.689. The van der Waals surface area contributed by atoms with Gasteiger partial charge in [-0.1, -0.05) is 0 Å². The van der Waals surface area contributed by atoms with E-state index in [1.54, 1.807) is 12.5 Å². The molecule has 1 aromatic heterocycles. The number of aromatic nitrogens is 1. The van der Waals surface area contributed by atoms with E-state index in [1.165, 1.54) is 0 Å². The van der Waals surface area contributed by atoms with Crippen LogP contribution in [0.1, 0.15) is 6.92 Å². The van der Waals surface area contributed by atoms with Crippen LogP contribution in [0.25, 0.3) is 0 Å². The molecular weight excluding hydrogens is 142 g/mol. The highest BCUT2D eigenvalue weighted by Gasteiger charge is 2.10. The van der Waals surface area contributed by atoms with E-state index in [1.807, 2.05) is 18.9 Å². The van der Waals surface area contributed by atoms with Crippen LogP contribution in [-0.2, 0) is 0 Å². The molecule has 0 aliphatic rings. The molecule has 0 spiro atoms. The lowest BCUT2D eigenvalue weighted by Gasteiger charge is -2.20. The largest absolute Gasteiger partial charge is 0.432 e. The molecule has 4 heteroatoms. The van der Waals surface area contributed by atoms with Gasteiger partial charge in [0.15, 0.2) is 0 Å². The third kappa shape index (κ3) is 1.71. The van der Waals surface area contributed by atoms with Crippen molar-refractivity contribution in [3.05, 3.63) is 12.5 Å². The Morgan fingerprint density at radius 2 is 2.55 bits per heavy atom. The average Bonchev–Trinajstić information content (AvgIpc) is 2.53. The topological polar surface area (TPSA) is 55.3 Å². The minimum atomic E-state index is 0.258. The molecule has 0 amide bonds. The summed E-state index contributed by atoms with van der Waals surface area (Å²) in [6.07, 6.45) is 3.17. The summed E-state index contributed by atoms with van der Waals surface area (Å²) < 4.78 is 5.08. The Morgan fingerprint density at radius 3 is 3.00 bits per heavy atom. The van der Waals surface area contributed by atoms with Gasteiger partial charge in [0.25, 0.3) is 6.01 Å². The number of nitrogens with zero attached hydrogens (tertiary/aromatic N) is 2. The third-order valence-corrected chi connectivity index (χ3v) is 1.72. The monoisotopic (exact) mass is 155 g/mol. The fourth-order valence-corrected chi connectivity index (χ4v) is 0.737. The maximum absolute atomic E-state index is 5.47. The molecule has 0 radical (unpaired) electrons. The molecular formula is C7H13N3O. The lowest BCUT2D eigenvalue weighted by Crippen LogP contribution is -2.35. The summed E-state index contributed by atoms with van der Waals surface area (Å²) in [5, 5.41) is 0. The van der Waals surface area contributed by atoms with Crippen molar-refractivity contribution in [2.45, 2.75) is 13.0 Å². The summed E-state index contributed by atoms with van der Waals surface area (Å²) in [5.74, 6) is 0. The van der Waals surface area contributed by atoms with Gasteiger partial charge in [0, 0.05) is 19.6 Å². The zero-order valence-electron chi connectivity index (χ0n) is 6.82. The maximum atomic E-state index is 5.47. The number of nitrogens with two attached hydrogens (primary N) is 1. The lowest BCUT2D eigenvalue weighted by molar-refractivity contribution is 0.522. The van der Waals surface area contributed by atoms with Gasteiger partial charge in [-0.25, -0.2) is 4.98 Å². The Labute approximate surface area is 66.0 Å². The van der Waals surface area contributed by atoms with E-state index < -0.39 is 0 Å². The molecule has 11 heavy (non-hydrogen) atoms. The van der Waals surface area contributed by atoms with Crippen LogP contribution in [0.3, 0.4) is 0 Å². The van der Waals surface area contributed by atoms with Crippen LogP contribution in [-0.4, -0.2) is 24.6 Å². The summed E-state index contributed by atoms with van der Waals surface area (Å²) in [6, 6.07) is 0.872. The van der Waals surface area contributed by atoms with E-state index in [4.69, 9.17) is 10.2 Å². The van der Waals surface area contributed by atoms with Gasteiger partial charge < -0.3 is 15.1 Å². The fourth-order valence-electron chi connectivity index (χ4n) is 0.737. The van der Waals surface area contributed by atoms with Crippen molar-refractivity contribution >= 4 is 6.01 Å². The normalized spacial score (nSPS) is 13.0. The number of hydrogen-bond acceptors (Lipinski definition) is 4. The van der Waals surface area contributed by atoms with Gasteiger partial charge in [-0.05, 0) is 6.92 Å². The van der Waals surface area contributed by atoms with Crippen molar-refractivity contribution in [3.63, 3.8) is 0 Å². The number of rotatable bonds is 3. The maximum Gasteiger partial charge on any atom is 0.297 e. The highest BCUT2D eigenvalue weighted by Crippen LogP contribution is 2.09.